The quantitative estimate of drug-likeness (QED) is 0.892. The third-order valence-corrected chi connectivity index (χ3v) is 4.26. The zero-order valence-corrected chi connectivity index (χ0v) is 11.3. The fourth-order valence-corrected chi connectivity index (χ4v) is 3.18. The molecule has 1 aromatic carbocycles. The number of nitrogens with one attached hydrogen (secondary N) is 2. The highest BCUT2D eigenvalue weighted by atomic mass is 32.2. The van der Waals surface area contributed by atoms with Crippen molar-refractivity contribution in [3.63, 3.8) is 0 Å². The molecule has 0 spiro atoms. The van der Waals surface area contributed by atoms with Crippen molar-refractivity contribution in [3.05, 3.63) is 41.2 Å². The van der Waals surface area contributed by atoms with E-state index in [2.05, 4.69) is 14.9 Å². The Morgan fingerprint density at radius 3 is 2.39 bits per heavy atom. The first-order chi connectivity index (χ1) is 8.42. The summed E-state index contributed by atoms with van der Waals surface area (Å²) in [5, 5.41) is 6.71. The van der Waals surface area contributed by atoms with Gasteiger partial charge in [0.2, 0.25) is 0 Å². The Labute approximate surface area is 106 Å². The Balaban J connectivity index is 2.43. The molecular weight excluding hydrogens is 250 g/mol. The molecule has 0 aliphatic carbocycles. The van der Waals surface area contributed by atoms with E-state index in [1.807, 2.05) is 6.07 Å². The van der Waals surface area contributed by atoms with Gasteiger partial charge in [-0.05, 0) is 32.4 Å². The van der Waals surface area contributed by atoms with E-state index in [0.717, 1.165) is 0 Å². The van der Waals surface area contributed by atoms with Crippen LogP contribution in [0.25, 0.3) is 0 Å². The van der Waals surface area contributed by atoms with Gasteiger partial charge < -0.3 is 0 Å². The van der Waals surface area contributed by atoms with Crippen molar-refractivity contribution < 1.29 is 8.42 Å². The van der Waals surface area contributed by atoms with Gasteiger partial charge in [0.05, 0.1) is 22.0 Å². The standard InChI is InChI=1S/C12H15N3O2S/c1-8-6-4-5-7-11(8)18(16,17)15-12-9(2)13-14-10(12)3/h4-7,15H,1-3H3,(H,13,14). The zero-order valence-electron chi connectivity index (χ0n) is 10.5. The summed E-state index contributed by atoms with van der Waals surface area (Å²) < 4.78 is 27.1. The lowest BCUT2D eigenvalue weighted by atomic mass is 10.2. The molecule has 0 aliphatic rings. The van der Waals surface area contributed by atoms with Crippen molar-refractivity contribution in [1.29, 1.82) is 0 Å². The van der Waals surface area contributed by atoms with Gasteiger partial charge in [-0.15, -0.1) is 0 Å². The van der Waals surface area contributed by atoms with Crippen LogP contribution < -0.4 is 4.72 Å². The molecule has 1 heterocycles. The fourth-order valence-electron chi connectivity index (χ4n) is 1.75. The SMILES string of the molecule is Cc1ccccc1S(=O)(=O)Nc1c(C)n[nH]c1C. The Morgan fingerprint density at radius 1 is 1.17 bits per heavy atom. The molecule has 6 heteroatoms. The summed E-state index contributed by atoms with van der Waals surface area (Å²) >= 11 is 0. The van der Waals surface area contributed by atoms with Gasteiger partial charge in [-0.2, -0.15) is 5.10 Å². The van der Waals surface area contributed by atoms with Crippen LogP contribution in [-0.4, -0.2) is 18.6 Å². The van der Waals surface area contributed by atoms with Crippen LogP contribution in [0.1, 0.15) is 17.0 Å². The first-order valence-corrected chi connectivity index (χ1v) is 7.00. The largest absolute Gasteiger partial charge is 0.280 e. The summed E-state index contributed by atoms with van der Waals surface area (Å²) in [6, 6.07) is 6.87. The van der Waals surface area contributed by atoms with Crippen molar-refractivity contribution >= 4 is 15.7 Å². The van der Waals surface area contributed by atoms with Crippen molar-refractivity contribution in [2.24, 2.45) is 0 Å². The predicted octanol–water partition coefficient (Wildman–Crippen LogP) is 2.14. The van der Waals surface area contributed by atoms with Crippen LogP contribution in [0.15, 0.2) is 29.2 Å². The smallest absolute Gasteiger partial charge is 0.262 e. The lowest BCUT2D eigenvalue weighted by Crippen LogP contribution is -2.15. The minimum Gasteiger partial charge on any atom is -0.280 e. The van der Waals surface area contributed by atoms with Crippen LogP contribution in [0.4, 0.5) is 5.69 Å². The van der Waals surface area contributed by atoms with Crippen LogP contribution in [-0.2, 0) is 10.0 Å². The van der Waals surface area contributed by atoms with E-state index >= 15 is 0 Å². The molecule has 96 valence electrons. The van der Waals surface area contributed by atoms with Crippen LogP contribution in [0.2, 0.25) is 0 Å². The minimum atomic E-state index is -3.57. The molecule has 2 N–H and O–H groups in total. The summed E-state index contributed by atoms with van der Waals surface area (Å²) in [5.41, 5.74) is 2.55. The average molecular weight is 265 g/mol. The Kier molecular flexibility index (Phi) is 3.13. The lowest BCUT2D eigenvalue weighted by molar-refractivity contribution is 0.600. The van der Waals surface area contributed by atoms with Crippen LogP contribution in [0, 0.1) is 20.8 Å². The van der Waals surface area contributed by atoms with Crippen molar-refractivity contribution in [2.75, 3.05) is 4.72 Å². The number of benzene rings is 1. The highest BCUT2D eigenvalue weighted by Crippen LogP contribution is 2.22. The van der Waals surface area contributed by atoms with E-state index in [1.54, 1.807) is 39.0 Å². The monoisotopic (exact) mass is 265 g/mol. The minimum absolute atomic E-state index is 0.282. The van der Waals surface area contributed by atoms with E-state index in [0.29, 0.717) is 22.6 Å². The molecular formula is C12H15N3O2S. The van der Waals surface area contributed by atoms with Crippen molar-refractivity contribution in [2.45, 2.75) is 25.7 Å². The van der Waals surface area contributed by atoms with Crippen LogP contribution in [0.5, 0.6) is 0 Å². The number of rotatable bonds is 3. The maximum atomic E-state index is 12.3. The number of hydrogen-bond acceptors (Lipinski definition) is 3. The second-order valence-corrected chi connectivity index (χ2v) is 5.83. The van der Waals surface area contributed by atoms with Crippen molar-refractivity contribution in [1.82, 2.24) is 10.2 Å². The number of sulfonamides is 1. The van der Waals surface area contributed by atoms with Gasteiger partial charge in [-0.1, -0.05) is 18.2 Å². The number of aromatic nitrogens is 2. The van der Waals surface area contributed by atoms with Gasteiger partial charge in [0.1, 0.15) is 0 Å². The maximum Gasteiger partial charge on any atom is 0.262 e. The lowest BCUT2D eigenvalue weighted by Gasteiger charge is -2.10. The molecule has 0 unspecified atom stereocenters. The van der Waals surface area contributed by atoms with Gasteiger partial charge in [0.25, 0.3) is 10.0 Å². The van der Waals surface area contributed by atoms with E-state index < -0.39 is 10.0 Å². The zero-order chi connectivity index (χ0) is 13.3. The summed E-state index contributed by atoms with van der Waals surface area (Å²) in [6.07, 6.45) is 0. The first-order valence-electron chi connectivity index (χ1n) is 5.52. The molecule has 0 saturated heterocycles. The number of anilines is 1. The van der Waals surface area contributed by atoms with E-state index in [1.165, 1.54) is 0 Å². The van der Waals surface area contributed by atoms with Gasteiger partial charge in [0.15, 0.2) is 0 Å². The summed E-state index contributed by atoms with van der Waals surface area (Å²) in [4.78, 5) is 0.282. The topological polar surface area (TPSA) is 74.8 Å². The maximum absolute atomic E-state index is 12.3. The number of hydrogen-bond donors (Lipinski definition) is 2. The summed E-state index contributed by atoms with van der Waals surface area (Å²) in [5.74, 6) is 0. The molecule has 0 bridgehead atoms. The molecule has 2 rings (SSSR count). The summed E-state index contributed by atoms with van der Waals surface area (Å²) in [6.45, 7) is 5.29. The average Bonchev–Trinajstić information content (AvgIpc) is 2.61. The van der Waals surface area contributed by atoms with E-state index in [4.69, 9.17) is 0 Å². The molecule has 0 atom stereocenters. The summed E-state index contributed by atoms with van der Waals surface area (Å²) in [7, 11) is -3.57. The molecule has 5 nitrogen and oxygen atoms in total. The molecule has 0 saturated carbocycles. The molecule has 2 aromatic rings. The third-order valence-electron chi connectivity index (χ3n) is 2.75. The van der Waals surface area contributed by atoms with E-state index in [9.17, 15) is 8.42 Å². The van der Waals surface area contributed by atoms with Gasteiger partial charge in [-0.25, -0.2) is 8.42 Å². The van der Waals surface area contributed by atoms with Crippen LogP contribution >= 0.6 is 0 Å². The molecule has 0 fully saturated rings. The third kappa shape index (κ3) is 2.24. The number of nitrogens with zero attached hydrogens (tertiary/aromatic N) is 1. The number of H-pyrrole nitrogens is 1. The van der Waals surface area contributed by atoms with Gasteiger partial charge >= 0.3 is 0 Å². The highest BCUT2D eigenvalue weighted by molar-refractivity contribution is 7.92. The Morgan fingerprint density at radius 2 is 1.83 bits per heavy atom. The van der Waals surface area contributed by atoms with Crippen molar-refractivity contribution in [3.8, 4) is 0 Å². The molecule has 0 amide bonds. The Hall–Kier alpha value is -1.82. The second kappa shape index (κ2) is 4.45. The molecule has 1 aromatic heterocycles. The number of aromatic amines is 1. The predicted molar refractivity (Wildman–Crippen MR) is 70.0 cm³/mol. The van der Waals surface area contributed by atoms with Gasteiger partial charge in [0, 0.05) is 0 Å². The van der Waals surface area contributed by atoms with Gasteiger partial charge in [-0.3, -0.25) is 9.82 Å². The number of aryl methyl sites for hydroxylation is 3. The molecule has 0 aliphatic heterocycles. The fraction of sp³-hybridized carbons (Fsp3) is 0.250. The second-order valence-electron chi connectivity index (χ2n) is 4.18. The first kappa shape index (κ1) is 12.6. The highest BCUT2D eigenvalue weighted by Gasteiger charge is 2.19. The van der Waals surface area contributed by atoms with E-state index in [-0.39, 0.29) is 4.90 Å². The molecule has 18 heavy (non-hydrogen) atoms. The molecule has 0 radical (unpaired) electrons. The Bertz CT molecular complexity index is 655. The van der Waals surface area contributed by atoms with Crippen LogP contribution in [0.3, 0.4) is 0 Å². The normalized spacial score (nSPS) is 11.5.